The minimum Gasteiger partial charge on any atom is -0.384 e. The lowest BCUT2D eigenvalue weighted by molar-refractivity contribution is 0.927. The molecule has 1 nitrogen and oxygen atoms in total. The standard InChI is InChI=1S/C11H12BrN/c1-8-4-2-5-9(11(8)12)10-6-3-7-13-10/h2,4-6,13H,3,7H2,1H3. The topological polar surface area (TPSA) is 12.0 Å². The predicted octanol–water partition coefficient (Wildman–Crippen LogP) is 3.09. The number of rotatable bonds is 1. The van der Waals surface area contributed by atoms with E-state index in [0.717, 1.165) is 13.0 Å². The molecule has 0 saturated carbocycles. The van der Waals surface area contributed by atoms with Crippen LogP contribution in [0.1, 0.15) is 17.5 Å². The summed E-state index contributed by atoms with van der Waals surface area (Å²) in [5.74, 6) is 0. The molecule has 0 saturated heterocycles. The molecule has 0 unspecified atom stereocenters. The number of hydrogen-bond acceptors (Lipinski definition) is 1. The first-order valence-electron chi connectivity index (χ1n) is 4.48. The Morgan fingerprint density at radius 3 is 2.92 bits per heavy atom. The Morgan fingerprint density at radius 2 is 2.23 bits per heavy atom. The molecule has 13 heavy (non-hydrogen) atoms. The van der Waals surface area contributed by atoms with Crippen LogP contribution in [0.2, 0.25) is 0 Å². The Morgan fingerprint density at radius 1 is 1.38 bits per heavy atom. The monoisotopic (exact) mass is 237 g/mol. The first-order valence-corrected chi connectivity index (χ1v) is 5.28. The second kappa shape index (κ2) is 3.54. The normalized spacial score (nSPS) is 15.4. The summed E-state index contributed by atoms with van der Waals surface area (Å²) < 4.78 is 1.20. The Kier molecular flexibility index (Phi) is 2.40. The molecular weight excluding hydrogens is 226 g/mol. The van der Waals surface area contributed by atoms with Gasteiger partial charge >= 0.3 is 0 Å². The van der Waals surface area contributed by atoms with Crippen LogP contribution >= 0.6 is 15.9 Å². The molecule has 0 radical (unpaired) electrons. The SMILES string of the molecule is Cc1cccc(C2=CCCN2)c1Br. The summed E-state index contributed by atoms with van der Waals surface area (Å²) in [6.45, 7) is 3.18. The highest BCUT2D eigenvalue weighted by Gasteiger charge is 2.09. The molecule has 0 fully saturated rings. The van der Waals surface area contributed by atoms with Crippen LogP contribution in [0.3, 0.4) is 0 Å². The number of benzene rings is 1. The van der Waals surface area contributed by atoms with Crippen LogP contribution in [-0.2, 0) is 0 Å². The summed E-state index contributed by atoms with van der Waals surface area (Å²) in [7, 11) is 0. The summed E-state index contributed by atoms with van der Waals surface area (Å²) in [6.07, 6.45) is 3.38. The van der Waals surface area contributed by atoms with E-state index in [9.17, 15) is 0 Å². The van der Waals surface area contributed by atoms with E-state index < -0.39 is 0 Å². The largest absolute Gasteiger partial charge is 0.384 e. The average Bonchev–Trinajstić information content (AvgIpc) is 2.62. The van der Waals surface area contributed by atoms with Crippen molar-refractivity contribution in [3.8, 4) is 0 Å². The van der Waals surface area contributed by atoms with Gasteiger partial charge in [0.1, 0.15) is 0 Å². The van der Waals surface area contributed by atoms with Crippen molar-refractivity contribution in [3.63, 3.8) is 0 Å². The summed E-state index contributed by atoms with van der Waals surface area (Å²) in [4.78, 5) is 0. The molecule has 0 atom stereocenters. The predicted molar refractivity (Wildman–Crippen MR) is 59.5 cm³/mol. The van der Waals surface area contributed by atoms with Crippen LogP contribution in [-0.4, -0.2) is 6.54 Å². The lowest BCUT2D eigenvalue weighted by atomic mass is 10.1. The van der Waals surface area contributed by atoms with Crippen molar-refractivity contribution in [1.29, 1.82) is 0 Å². The van der Waals surface area contributed by atoms with Gasteiger partial charge < -0.3 is 5.32 Å². The molecule has 1 aromatic carbocycles. The van der Waals surface area contributed by atoms with Gasteiger partial charge in [0.15, 0.2) is 0 Å². The lowest BCUT2D eigenvalue weighted by Gasteiger charge is -2.08. The fourth-order valence-electron chi connectivity index (χ4n) is 1.56. The molecule has 0 spiro atoms. The minimum atomic E-state index is 1.07. The number of aryl methyl sites for hydroxylation is 1. The first-order chi connectivity index (χ1) is 6.29. The maximum atomic E-state index is 3.61. The fourth-order valence-corrected chi connectivity index (χ4v) is 2.03. The van der Waals surface area contributed by atoms with Crippen molar-refractivity contribution in [1.82, 2.24) is 5.32 Å². The molecule has 1 N–H and O–H groups in total. The second-order valence-electron chi connectivity index (χ2n) is 3.27. The van der Waals surface area contributed by atoms with E-state index in [-0.39, 0.29) is 0 Å². The van der Waals surface area contributed by atoms with Crippen molar-refractivity contribution in [2.45, 2.75) is 13.3 Å². The third-order valence-corrected chi connectivity index (χ3v) is 3.34. The molecule has 0 amide bonds. The molecule has 1 aliphatic heterocycles. The highest BCUT2D eigenvalue weighted by Crippen LogP contribution is 2.27. The molecule has 2 heteroatoms. The molecule has 68 valence electrons. The van der Waals surface area contributed by atoms with Gasteiger partial charge in [0, 0.05) is 22.3 Å². The van der Waals surface area contributed by atoms with E-state index in [2.05, 4.69) is 52.4 Å². The molecule has 1 heterocycles. The van der Waals surface area contributed by atoms with Crippen molar-refractivity contribution < 1.29 is 0 Å². The number of hydrogen-bond donors (Lipinski definition) is 1. The van der Waals surface area contributed by atoms with E-state index in [1.165, 1.54) is 21.3 Å². The van der Waals surface area contributed by atoms with Crippen LogP contribution in [0.4, 0.5) is 0 Å². The van der Waals surface area contributed by atoms with Gasteiger partial charge in [-0.3, -0.25) is 0 Å². The van der Waals surface area contributed by atoms with E-state index in [0.29, 0.717) is 0 Å². The Hall–Kier alpha value is -0.760. The van der Waals surface area contributed by atoms with Crippen molar-refractivity contribution >= 4 is 21.6 Å². The number of nitrogens with one attached hydrogen (secondary N) is 1. The van der Waals surface area contributed by atoms with Gasteiger partial charge in [0.2, 0.25) is 0 Å². The first kappa shape index (κ1) is 8.82. The molecule has 2 rings (SSSR count). The van der Waals surface area contributed by atoms with Crippen LogP contribution in [0.5, 0.6) is 0 Å². The highest BCUT2D eigenvalue weighted by molar-refractivity contribution is 9.10. The molecule has 1 aromatic rings. The minimum absolute atomic E-state index is 1.07. The van der Waals surface area contributed by atoms with Gasteiger partial charge in [0.25, 0.3) is 0 Å². The third kappa shape index (κ3) is 1.63. The molecular formula is C11H12BrN. The molecule has 1 aliphatic rings. The van der Waals surface area contributed by atoms with Gasteiger partial charge in [0.05, 0.1) is 0 Å². The summed E-state index contributed by atoms with van der Waals surface area (Å²) in [6, 6.07) is 6.35. The summed E-state index contributed by atoms with van der Waals surface area (Å²) >= 11 is 3.61. The van der Waals surface area contributed by atoms with Crippen molar-refractivity contribution in [3.05, 3.63) is 39.9 Å². The Bertz CT molecular complexity index is 355. The van der Waals surface area contributed by atoms with Crippen LogP contribution in [0.15, 0.2) is 28.7 Å². The molecule has 0 aliphatic carbocycles. The summed E-state index contributed by atoms with van der Waals surface area (Å²) in [5.41, 5.74) is 3.82. The van der Waals surface area contributed by atoms with Crippen LogP contribution < -0.4 is 5.32 Å². The van der Waals surface area contributed by atoms with E-state index in [1.54, 1.807) is 0 Å². The Balaban J connectivity index is 2.45. The quantitative estimate of drug-likeness (QED) is 0.792. The van der Waals surface area contributed by atoms with E-state index in [4.69, 9.17) is 0 Å². The van der Waals surface area contributed by atoms with Gasteiger partial charge in [-0.15, -0.1) is 0 Å². The van der Waals surface area contributed by atoms with Crippen molar-refractivity contribution in [2.24, 2.45) is 0 Å². The fraction of sp³-hybridized carbons (Fsp3) is 0.273. The summed E-state index contributed by atoms with van der Waals surface area (Å²) in [5, 5.41) is 3.37. The third-order valence-electron chi connectivity index (χ3n) is 2.29. The zero-order valence-corrected chi connectivity index (χ0v) is 9.19. The average molecular weight is 238 g/mol. The maximum Gasteiger partial charge on any atom is 0.0385 e. The van der Waals surface area contributed by atoms with Gasteiger partial charge in [-0.1, -0.05) is 24.3 Å². The maximum absolute atomic E-state index is 3.61. The Labute approximate surface area is 87.0 Å². The van der Waals surface area contributed by atoms with Crippen molar-refractivity contribution in [2.75, 3.05) is 6.54 Å². The van der Waals surface area contributed by atoms with Crippen LogP contribution in [0.25, 0.3) is 5.70 Å². The second-order valence-corrected chi connectivity index (χ2v) is 4.06. The van der Waals surface area contributed by atoms with E-state index in [1.807, 2.05) is 0 Å². The lowest BCUT2D eigenvalue weighted by Crippen LogP contribution is -2.06. The molecule has 0 aromatic heterocycles. The van der Waals surface area contributed by atoms with Gasteiger partial charge in [-0.2, -0.15) is 0 Å². The smallest absolute Gasteiger partial charge is 0.0385 e. The van der Waals surface area contributed by atoms with Crippen LogP contribution in [0, 0.1) is 6.92 Å². The molecule has 0 bridgehead atoms. The highest BCUT2D eigenvalue weighted by atomic mass is 79.9. The van der Waals surface area contributed by atoms with E-state index >= 15 is 0 Å². The number of halogens is 1. The zero-order valence-electron chi connectivity index (χ0n) is 7.60. The zero-order chi connectivity index (χ0) is 9.26. The van der Waals surface area contributed by atoms with Gasteiger partial charge in [-0.25, -0.2) is 0 Å². The van der Waals surface area contributed by atoms with Gasteiger partial charge in [-0.05, 0) is 34.8 Å².